The zero-order chi connectivity index (χ0) is 20.7. The lowest BCUT2D eigenvalue weighted by Crippen LogP contribution is -2.59. The van der Waals surface area contributed by atoms with Gasteiger partial charge in [0.15, 0.2) is 5.41 Å². The van der Waals surface area contributed by atoms with Crippen molar-refractivity contribution in [2.24, 2.45) is 16.7 Å². The first-order valence-electron chi connectivity index (χ1n) is 8.97. The highest BCUT2D eigenvalue weighted by Crippen LogP contribution is 2.68. The summed E-state index contributed by atoms with van der Waals surface area (Å²) >= 11 is 12.8. The molecule has 2 heterocycles. The van der Waals surface area contributed by atoms with Crippen LogP contribution in [-0.2, 0) is 9.47 Å². The Labute approximate surface area is 173 Å². The fourth-order valence-electron chi connectivity index (χ4n) is 4.69. The first-order valence-corrected chi connectivity index (χ1v) is 9.73. The Bertz CT molecular complexity index is 926. The molecule has 2 bridgehead atoms. The molecule has 1 aromatic carbocycles. The van der Waals surface area contributed by atoms with Crippen LogP contribution in [0.1, 0.15) is 44.8 Å². The van der Waals surface area contributed by atoms with Crippen molar-refractivity contribution in [1.29, 1.82) is 21.2 Å². The SMILES string of the molecule is CCCC12OC(=N)C(C#N)(C1CC)C(C#N)(C#N)C(c1c(Cl)cccc1Cl)O2. The fourth-order valence-corrected chi connectivity index (χ4v) is 5.28. The summed E-state index contributed by atoms with van der Waals surface area (Å²) in [5, 5.41) is 39.5. The number of fused-ring (bicyclic) bond motifs is 2. The van der Waals surface area contributed by atoms with Crippen LogP contribution in [0.2, 0.25) is 10.0 Å². The minimum absolute atomic E-state index is 0.216. The third-order valence-electron chi connectivity index (χ3n) is 5.82. The minimum Gasteiger partial charge on any atom is -0.447 e. The van der Waals surface area contributed by atoms with Crippen molar-refractivity contribution in [2.75, 3.05) is 0 Å². The topological polar surface area (TPSA) is 114 Å². The molecule has 8 heteroatoms. The maximum Gasteiger partial charge on any atom is 0.217 e. The van der Waals surface area contributed by atoms with Gasteiger partial charge in [-0.3, -0.25) is 5.41 Å². The number of ether oxygens (including phenoxy) is 2. The molecule has 2 aliphatic heterocycles. The zero-order valence-electron chi connectivity index (χ0n) is 15.4. The molecule has 3 rings (SSSR count). The molecule has 0 radical (unpaired) electrons. The van der Waals surface area contributed by atoms with Crippen molar-refractivity contribution in [2.45, 2.75) is 45.0 Å². The molecule has 6 nitrogen and oxygen atoms in total. The number of rotatable bonds is 4. The minimum atomic E-state index is -2.05. The van der Waals surface area contributed by atoms with Gasteiger partial charge in [0.25, 0.3) is 0 Å². The summed E-state index contributed by atoms with van der Waals surface area (Å²) in [6, 6.07) is 10.9. The Morgan fingerprint density at radius 1 is 1.11 bits per heavy atom. The van der Waals surface area contributed by atoms with Crippen LogP contribution >= 0.6 is 23.2 Å². The monoisotopic (exact) mass is 416 g/mol. The van der Waals surface area contributed by atoms with Crippen LogP contribution in [0, 0.1) is 56.2 Å². The predicted molar refractivity (Wildman–Crippen MR) is 102 cm³/mol. The van der Waals surface area contributed by atoms with Crippen LogP contribution in [0.4, 0.5) is 0 Å². The second-order valence-electron chi connectivity index (χ2n) is 7.04. The molecule has 0 saturated carbocycles. The summed E-state index contributed by atoms with van der Waals surface area (Å²) < 4.78 is 12.2. The molecule has 0 spiro atoms. The molecule has 2 saturated heterocycles. The van der Waals surface area contributed by atoms with Gasteiger partial charge in [-0.15, -0.1) is 0 Å². The smallest absolute Gasteiger partial charge is 0.217 e. The maximum atomic E-state index is 10.2. The van der Waals surface area contributed by atoms with Gasteiger partial charge in [-0.2, -0.15) is 15.8 Å². The normalized spacial score (nSPS) is 32.7. The first kappa shape index (κ1) is 20.4. The third-order valence-corrected chi connectivity index (χ3v) is 6.48. The van der Waals surface area contributed by atoms with E-state index in [1.807, 2.05) is 26.0 Å². The van der Waals surface area contributed by atoms with E-state index in [-0.39, 0.29) is 15.6 Å². The average Bonchev–Trinajstić information content (AvgIpc) is 2.86. The number of nitriles is 3. The molecule has 2 fully saturated rings. The van der Waals surface area contributed by atoms with E-state index < -0.39 is 34.5 Å². The number of nitrogens with one attached hydrogen (secondary N) is 1. The number of hydrogen-bond donors (Lipinski definition) is 1. The van der Waals surface area contributed by atoms with Crippen molar-refractivity contribution in [1.82, 2.24) is 0 Å². The molecule has 144 valence electrons. The lowest BCUT2D eigenvalue weighted by molar-refractivity contribution is -0.286. The number of halogens is 2. The lowest BCUT2D eigenvalue weighted by atomic mass is 9.52. The second kappa shape index (κ2) is 6.94. The van der Waals surface area contributed by atoms with Gasteiger partial charge in [0.2, 0.25) is 17.1 Å². The summed E-state index contributed by atoms with van der Waals surface area (Å²) in [7, 11) is 0. The highest BCUT2D eigenvalue weighted by molar-refractivity contribution is 6.36. The van der Waals surface area contributed by atoms with Gasteiger partial charge in [-0.25, -0.2) is 0 Å². The van der Waals surface area contributed by atoms with Crippen LogP contribution in [0.25, 0.3) is 0 Å². The molecule has 4 atom stereocenters. The highest BCUT2D eigenvalue weighted by Gasteiger charge is 2.79. The second-order valence-corrected chi connectivity index (χ2v) is 7.85. The van der Waals surface area contributed by atoms with E-state index in [1.165, 1.54) is 0 Å². The predicted octanol–water partition coefficient (Wildman–Crippen LogP) is 5.14. The third kappa shape index (κ3) is 2.25. The van der Waals surface area contributed by atoms with Crippen LogP contribution in [-0.4, -0.2) is 11.7 Å². The largest absolute Gasteiger partial charge is 0.447 e. The van der Waals surface area contributed by atoms with Crippen molar-refractivity contribution in [3.8, 4) is 18.2 Å². The van der Waals surface area contributed by atoms with E-state index in [0.29, 0.717) is 19.3 Å². The summed E-state index contributed by atoms with van der Waals surface area (Å²) in [6.07, 6.45) is 0.188. The Hall–Kier alpha value is -2.30. The van der Waals surface area contributed by atoms with Gasteiger partial charge in [0.1, 0.15) is 6.10 Å². The summed E-state index contributed by atoms with van der Waals surface area (Å²) in [4.78, 5) is 0. The molecular formula is C20H18Cl2N4O2. The molecule has 0 amide bonds. The lowest BCUT2D eigenvalue weighted by Gasteiger charge is -2.50. The van der Waals surface area contributed by atoms with Crippen molar-refractivity contribution in [3.63, 3.8) is 0 Å². The number of hydrogen-bond acceptors (Lipinski definition) is 6. The standard InChI is InChI=1S/C20H18Cl2N4O2/c1-3-8-20-14(4-2)19(11-25,17(26)28-20)18(9-23,10-24)16(27-20)15-12(21)6-5-7-13(15)22/h5-7,14,16,26H,3-4,8H2,1-2H3. The highest BCUT2D eigenvalue weighted by atomic mass is 35.5. The number of benzene rings is 1. The Morgan fingerprint density at radius 2 is 1.71 bits per heavy atom. The van der Waals surface area contributed by atoms with Gasteiger partial charge >= 0.3 is 0 Å². The van der Waals surface area contributed by atoms with E-state index in [0.717, 1.165) is 0 Å². The molecule has 28 heavy (non-hydrogen) atoms. The maximum absolute atomic E-state index is 10.2. The van der Waals surface area contributed by atoms with Crippen molar-refractivity contribution >= 4 is 29.1 Å². The zero-order valence-corrected chi connectivity index (χ0v) is 16.9. The molecule has 1 N–H and O–H groups in total. The van der Waals surface area contributed by atoms with Gasteiger partial charge in [0.05, 0.1) is 24.1 Å². The Balaban J connectivity index is 2.41. The summed E-state index contributed by atoms with van der Waals surface area (Å²) in [5.74, 6) is -2.38. The molecular weight excluding hydrogens is 399 g/mol. The molecule has 0 aromatic heterocycles. The van der Waals surface area contributed by atoms with Gasteiger partial charge < -0.3 is 9.47 Å². The summed E-state index contributed by atoms with van der Waals surface area (Å²) in [5.41, 5.74) is -3.60. The molecule has 2 aliphatic rings. The van der Waals surface area contributed by atoms with Gasteiger partial charge in [-0.1, -0.05) is 43.1 Å². The Morgan fingerprint density at radius 3 is 2.18 bits per heavy atom. The van der Waals surface area contributed by atoms with E-state index in [1.54, 1.807) is 18.2 Å². The van der Waals surface area contributed by atoms with Crippen LogP contribution in [0.15, 0.2) is 18.2 Å². The van der Waals surface area contributed by atoms with E-state index >= 15 is 0 Å². The van der Waals surface area contributed by atoms with Crippen molar-refractivity contribution < 1.29 is 9.47 Å². The van der Waals surface area contributed by atoms with Crippen LogP contribution < -0.4 is 0 Å². The van der Waals surface area contributed by atoms with Crippen molar-refractivity contribution in [3.05, 3.63) is 33.8 Å². The summed E-state index contributed by atoms with van der Waals surface area (Å²) in [6.45, 7) is 3.76. The fraction of sp³-hybridized carbons (Fsp3) is 0.500. The van der Waals surface area contributed by atoms with E-state index in [4.69, 9.17) is 38.1 Å². The van der Waals surface area contributed by atoms with Gasteiger partial charge in [-0.05, 0) is 25.0 Å². The van der Waals surface area contributed by atoms with Crippen LogP contribution in [0.5, 0.6) is 0 Å². The average molecular weight is 417 g/mol. The first-order chi connectivity index (χ1) is 13.3. The number of nitrogens with zero attached hydrogens (tertiary/aromatic N) is 3. The molecule has 4 unspecified atom stereocenters. The Kier molecular flexibility index (Phi) is 5.07. The molecule has 1 aromatic rings. The molecule has 0 aliphatic carbocycles. The van der Waals surface area contributed by atoms with Crippen LogP contribution in [0.3, 0.4) is 0 Å². The van der Waals surface area contributed by atoms with Gasteiger partial charge in [0, 0.05) is 22.0 Å². The van der Waals surface area contributed by atoms with E-state index in [2.05, 4.69) is 6.07 Å². The quantitative estimate of drug-likeness (QED) is 0.729. The van der Waals surface area contributed by atoms with E-state index in [9.17, 15) is 15.8 Å².